The minimum Gasteiger partial charge on any atom is -0.454 e. The molecular weight excluding hydrogens is 376 g/mol. The summed E-state index contributed by atoms with van der Waals surface area (Å²) < 4.78 is 5.92. The van der Waals surface area contributed by atoms with Gasteiger partial charge in [0.2, 0.25) is 0 Å². The molecule has 3 aromatic rings. The standard InChI is InChI=1S/C22H17ClN2O3/c1-13-7-9-15(23)12-17(13)24-21(26)14-8-10-20-18(11-14)25(2)22(27)16-5-3-4-6-19(16)28-20/h3-12H,1-2H3,(H,24,26). The number of halogens is 1. The van der Waals surface area contributed by atoms with Gasteiger partial charge in [0.1, 0.15) is 5.75 Å². The average Bonchev–Trinajstić information content (AvgIpc) is 2.80. The Bertz CT molecular complexity index is 1110. The minimum absolute atomic E-state index is 0.197. The van der Waals surface area contributed by atoms with Crippen molar-refractivity contribution in [2.24, 2.45) is 0 Å². The van der Waals surface area contributed by atoms with Crippen molar-refractivity contribution in [2.45, 2.75) is 6.92 Å². The Morgan fingerprint density at radius 2 is 1.82 bits per heavy atom. The number of rotatable bonds is 2. The summed E-state index contributed by atoms with van der Waals surface area (Å²) in [5.41, 5.74) is 2.95. The zero-order valence-corrected chi connectivity index (χ0v) is 16.1. The molecule has 1 aliphatic heterocycles. The number of carbonyl (C=O) groups excluding carboxylic acids is 2. The first-order valence-electron chi connectivity index (χ1n) is 8.70. The number of nitrogens with one attached hydrogen (secondary N) is 1. The number of ether oxygens (including phenoxy) is 1. The zero-order chi connectivity index (χ0) is 19.8. The number of nitrogens with zero attached hydrogens (tertiary/aromatic N) is 1. The lowest BCUT2D eigenvalue weighted by atomic mass is 10.1. The SMILES string of the molecule is Cc1ccc(Cl)cc1NC(=O)c1ccc2c(c1)N(C)C(=O)c1ccccc1O2. The Kier molecular flexibility index (Phi) is 4.53. The predicted molar refractivity (Wildman–Crippen MR) is 110 cm³/mol. The van der Waals surface area contributed by atoms with Crippen LogP contribution >= 0.6 is 11.6 Å². The highest BCUT2D eigenvalue weighted by Gasteiger charge is 2.26. The van der Waals surface area contributed by atoms with E-state index in [0.29, 0.717) is 39.0 Å². The third-order valence-corrected chi connectivity index (χ3v) is 4.91. The maximum Gasteiger partial charge on any atom is 0.261 e. The summed E-state index contributed by atoms with van der Waals surface area (Å²) in [6, 6.07) is 17.4. The molecule has 2 amide bonds. The van der Waals surface area contributed by atoms with Crippen molar-refractivity contribution in [3.63, 3.8) is 0 Å². The lowest BCUT2D eigenvalue weighted by molar-refractivity contribution is 0.0990. The van der Waals surface area contributed by atoms with Crippen LogP contribution in [0.1, 0.15) is 26.3 Å². The third kappa shape index (κ3) is 3.21. The molecule has 4 rings (SSSR count). The molecule has 0 atom stereocenters. The molecule has 1 heterocycles. The molecular formula is C22H17ClN2O3. The Labute approximate surface area is 167 Å². The molecule has 140 valence electrons. The van der Waals surface area contributed by atoms with Gasteiger partial charge >= 0.3 is 0 Å². The summed E-state index contributed by atoms with van der Waals surface area (Å²) >= 11 is 6.03. The molecule has 0 unspecified atom stereocenters. The highest BCUT2D eigenvalue weighted by molar-refractivity contribution is 6.31. The van der Waals surface area contributed by atoms with Gasteiger partial charge in [-0.3, -0.25) is 9.59 Å². The van der Waals surface area contributed by atoms with Crippen LogP contribution in [0.4, 0.5) is 11.4 Å². The molecule has 5 nitrogen and oxygen atoms in total. The van der Waals surface area contributed by atoms with Crippen LogP contribution in [0.2, 0.25) is 5.02 Å². The summed E-state index contributed by atoms with van der Waals surface area (Å²) in [6.45, 7) is 1.89. The number of anilines is 2. The highest BCUT2D eigenvalue weighted by atomic mass is 35.5. The lowest BCUT2D eigenvalue weighted by Gasteiger charge is -2.17. The van der Waals surface area contributed by atoms with E-state index < -0.39 is 0 Å². The molecule has 0 aromatic heterocycles. The van der Waals surface area contributed by atoms with Crippen LogP contribution in [0.3, 0.4) is 0 Å². The van der Waals surface area contributed by atoms with Gasteiger partial charge in [-0.1, -0.05) is 29.8 Å². The van der Waals surface area contributed by atoms with Crippen LogP contribution in [0.25, 0.3) is 0 Å². The van der Waals surface area contributed by atoms with Gasteiger partial charge in [-0.25, -0.2) is 0 Å². The van der Waals surface area contributed by atoms with Gasteiger partial charge in [0.05, 0.1) is 11.3 Å². The molecule has 6 heteroatoms. The number of hydrogen-bond donors (Lipinski definition) is 1. The maximum absolute atomic E-state index is 12.8. The van der Waals surface area contributed by atoms with Gasteiger partial charge < -0.3 is 15.0 Å². The molecule has 1 aliphatic rings. The Morgan fingerprint density at radius 1 is 1.04 bits per heavy atom. The molecule has 28 heavy (non-hydrogen) atoms. The highest BCUT2D eigenvalue weighted by Crippen LogP contribution is 2.38. The number of hydrogen-bond acceptors (Lipinski definition) is 3. The Balaban J connectivity index is 1.68. The second kappa shape index (κ2) is 7.02. The first kappa shape index (κ1) is 18.1. The van der Waals surface area contributed by atoms with Crippen LogP contribution < -0.4 is 15.0 Å². The number of para-hydroxylation sites is 1. The van der Waals surface area contributed by atoms with E-state index in [1.54, 1.807) is 55.6 Å². The van der Waals surface area contributed by atoms with Crippen LogP contribution in [-0.4, -0.2) is 18.9 Å². The van der Waals surface area contributed by atoms with Crippen LogP contribution in [0.15, 0.2) is 60.7 Å². The largest absolute Gasteiger partial charge is 0.454 e. The smallest absolute Gasteiger partial charge is 0.261 e. The summed E-state index contributed by atoms with van der Waals surface area (Å²) in [4.78, 5) is 27.0. The Morgan fingerprint density at radius 3 is 2.64 bits per heavy atom. The average molecular weight is 393 g/mol. The molecule has 0 saturated heterocycles. The second-order valence-electron chi connectivity index (χ2n) is 6.56. The molecule has 0 spiro atoms. The molecule has 3 aromatic carbocycles. The maximum atomic E-state index is 12.8. The van der Waals surface area contributed by atoms with E-state index in [-0.39, 0.29) is 11.8 Å². The van der Waals surface area contributed by atoms with Gasteiger partial charge in [-0.05, 0) is 55.0 Å². The fourth-order valence-electron chi connectivity index (χ4n) is 3.07. The van der Waals surface area contributed by atoms with Gasteiger partial charge in [0, 0.05) is 23.3 Å². The van der Waals surface area contributed by atoms with E-state index in [4.69, 9.17) is 16.3 Å². The van der Waals surface area contributed by atoms with Crippen molar-refractivity contribution in [1.29, 1.82) is 0 Å². The van der Waals surface area contributed by atoms with E-state index in [0.717, 1.165) is 5.56 Å². The number of benzene rings is 3. The molecule has 0 bridgehead atoms. The van der Waals surface area contributed by atoms with Gasteiger partial charge in [0.25, 0.3) is 11.8 Å². The van der Waals surface area contributed by atoms with Crippen molar-refractivity contribution in [1.82, 2.24) is 0 Å². The molecule has 0 fully saturated rings. The number of amides is 2. The molecule has 1 N–H and O–H groups in total. The van der Waals surface area contributed by atoms with Crippen molar-refractivity contribution in [3.05, 3.63) is 82.4 Å². The van der Waals surface area contributed by atoms with Gasteiger partial charge in [0.15, 0.2) is 5.75 Å². The monoisotopic (exact) mass is 392 g/mol. The fraction of sp³-hybridized carbons (Fsp3) is 0.0909. The summed E-state index contributed by atoms with van der Waals surface area (Å²) in [7, 11) is 1.66. The zero-order valence-electron chi connectivity index (χ0n) is 15.3. The van der Waals surface area contributed by atoms with Crippen LogP contribution in [0.5, 0.6) is 11.5 Å². The van der Waals surface area contributed by atoms with Crippen molar-refractivity contribution < 1.29 is 14.3 Å². The summed E-state index contributed by atoms with van der Waals surface area (Å²) in [5.74, 6) is 0.509. The molecule has 0 radical (unpaired) electrons. The first-order chi connectivity index (χ1) is 13.4. The quantitative estimate of drug-likeness (QED) is 0.645. The van der Waals surface area contributed by atoms with Crippen molar-refractivity contribution in [2.75, 3.05) is 17.3 Å². The minimum atomic E-state index is -0.296. The second-order valence-corrected chi connectivity index (χ2v) is 6.99. The molecule has 0 aliphatic carbocycles. The van der Waals surface area contributed by atoms with Crippen molar-refractivity contribution >= 4 is 34.8 Å². The van der Waals surface area contributed by atoms with E-state index in [2.05, 4.69) is 5.32 Å². The first-order valence-corrected chi connectivity index (χ1v) is 9.08. The van der Waals surface area contributed by atoms with Crippen LogP contribution in [0, 0.1) is 6.92 Å². The topological polar surface area (TPSA) is 58.6 Å². The number of fused-ring (bicyclic) bond motifs is 2. The lowest BCUT2D eigenvalue weighted by Crippen LogP contribution is -2.25. The van der Waals surface area contributed by atoms with E-state index >= 15 is 0 Å². The Hall–Kier alpha value is -3.31. The number of aryl methyl sites for hydroxylation is 1. The molecule has 0 saturated carbocycles. The third-order valence-electron chi connectivity index (χ3n) is 4.67. The van der Waals surface area contributed by atoms with E-state index in [9.17, 15) is 9.59 Å². The normalized spacial score (nSPS) is 12.5. The predicted octanol–water partition coefficient (Wildman–Crippen LogP) is 5.28. The van der Waals surface area contributed by atoms with Gasteiger partial charge in [-0.2, -0.15) is 0 Å². The number of carbonyl (C=O) groups is 2. The van der Waals surface area contributed by atoms with E-state index in [1.165, 1.54) is 4.90 Å². The van der Waals surface area contributed by atoms with Crippen LogP contribution in [-0.2, 0) is 0 Å². The summed E-state index contributed by atoms with van der Waals surface area (Å²) in [5, 5.41) is 3.41. The van der Waals surface area contributed by atoms with Gasteiger partial charge in [-0.15, -0.1) is 0 Å². The fourth-order valence-corrected chi connectivity index (χ4v) is 3.24. The van der Waals surface area contributed by atoms with Crippen molar-refractivity contribution in [3.8, 4) is 11.5 Å². The van der Waals surface area contributed by atoms with E-state index in [1.807, 2.05) is 19.1 Å². The summed E-state index contributed by atoms with van der Waals surface area (Å²) in [6.07, 6.45) is 0.